The third-order valence-corrected chi connectivity index (χ3v) is 3.35. The second-order valence-corrected chi connectivity index (χ2v) is 4.54. The van der Waals surface area contributed by atoms with Crippen LogP contribution in [0.3, 0.4) is 0 Å². The zero-order chi connectivity index (χ0) is 12.5. The summed E-state index contributed by atoms with van der Waals surface area (Å²) in [7, 11) is 0. The van der Waals surface area contributed by atoms with Gasteiger partial charge in [0.05, 0.1) is 22.9 Å². The molecule has 1 aromatic heterocycles. The van der Waals surface area contributed by atoms with E-state index in [-0.39, 0.29) is 6.10 Å². The van der Waals surface area contributed by atoms with Crippen LogP contribution >= 0.6 is 0 Å². The number of aromatic nitrogens is 1. The van der Waals surface area contributed by atoms with Gasteiger partial charge in [0, 0.05) is 24.7 Å². The molecule has 0 aliphatic carbocycles. The Morgan fingerprint density at radius 2 is 2.22 bits per heavy atom. The smallest absolute Gasteiger partial charge is 0.103 e. The van der Waals surface area contributed by atoms with Crippen molar-refractivity contribution in [2.45, 2.75) is 12.5 Å². The van der Waals surface area contributed by atoms with Gasteiger partial charge < -0.3 is 10.0 Å². The van der Waals surface area contributed by atoms with E-state index in [4.69, 9.17) is 0 Å². The van der Waals surface area contributed by atoms with Crippen molar-refractivity contribution in [1.29, 1.82) is 5.26 Å². The predicted octanol–water partition coefficient (Wildman–Crippen LogP) is 1.68. The number of hydrogen-bond donors (Lipinski definition) is 1. The highest BCUT2D eigenvalue weighted by Crippen LogP contribution is 2.31. The molecule has 1 aliphatic heterocycles. The molecule has 1 N–H and O–H groups in total. The maximum atomic E-state index is 9.66. The van der Waals surface area contributed by atoms with E-state index in [1.54, 1.807) is 6.20 Å². The molecule has 0 spiro atoms. The van der Waals surface area contributed by atoms with Gasteiger partial charge in [0.25, 0.3) is 0 Å². The van der Waals surface area contributed by atoms with Crippen LogP contribution in [-0.2, 0) is 0 Å². The highest BCUT2D eigenvalue weighted by atomic mass is 16.3. The number of rotatable bonds is 1. The van der Waals surface area contributed by atoms with Gasteiger partial charge in [-0.05, 0) is 12.5 Å². The topological polar surface area (TPSA) is 60.2 Å². The Bertz CT molecular complexity index is 632. The minimum absolute atomic E-state index is 0.302. The summed E-state index contributed by atoms with van der Waals surface area (Å²) in [6.07, 6.45) is 2.06. The first-order valence-corrected chi connectivity index (χ1v) is 6.00. The van der Waals surface area contributed by atoms with Crippen LogP contribution < -0.4 is 4.90 Å². The molecule has 0 amide bonds. The summed E-state index contributed by atoms with van der Waals surface area (Å²) in [4.78, 5) is 6.37. The van der Waals surface area contributed by atoms with E-state index in [0.717, 1.165) is 29.6 Å². The molecular weight excluding hydrogens is 226 g/mol. The van der Waals surface area contributed by atoms with Gasteiger partial charge in [-0.1, -0.05) is 18.2 Å². The molecule has 1 saturated heterocycles. The highest BCUT2D eigenvalue weighted by molar-refractivity contribution is 5.94. The third kappa shape index (κ3) is 1.69. The molecule has 18 heavy (non-hydrogen) atoms. The van der Waals surface area contributed by atoms with E-state index in [1.165, 1.54) is 0 Å². The van der Waals surface area contributed by atoms with Gasteiger partial charge in [-0.15, -0.1) is 0 Å². The van der Waals surface area contributed by atoms with Crippen LogP contribution in [0.15, 0.2) is 30.5 Å². The Morgan fingerprint density at radius 1 is 1.39 bits per heavy atom. The van der Waals surface area contributed by atoms with Crippen molar-refractivity contribution in [3.8, 4) is 6.07 Å². The van der Waals surface area contributed by atoms with Crippen LogP contribution in [0.2, 0.25) is 0 Å². The summed E-state index contributed by atoms with van der Waals surface area (Å²) in [5, 5.41) is 19.9. The van der Waals surface area contributed by atoms with Gasteiger partial charge >= 0.3 is 0 Å². The van der Waals surface area contributed by atoms with Crippen molar-refractivity contribution in [3.05, 3.63) is 36.0 Å². The average Bonchev–Trinajstić information content (AvgIpc) is 2.83. The van der Waals surface area contributed by atoms with Gasteiger partial charge in [-0.3, -0.25) is 4.98 Å². The summed E-state index contributed by atoms with van der Waals surface area (Å²) < 4.78 is 0. The highest BCUT2D eigenvalue weighted by Gasteiger charge is 2.24. The fourth-order valence-corrected chi connectivity index (χ4v) is 2.49. The van der Waals surface area contributed by atoms with Gasteiger partial charge in [-0.2, -0.15) is 5.26 Å². The number of hydrogen-bond acceptors (Lipinski definition) is 4. The lowest BCUT2D eigenvalue weighted by atomic mass is 10.1. The molecule has 1 fully saturated rings. The number of β-amino-alcohol motifs (C(OH)–C–C–N with tert-alkyl or cyclic N) is 1. The molecule has 1 atom stereocenters. The number of para-hydroxylation sites is 1. The number of anilines is 1. The zero-order valence-corrected chi connectivity index (χ0v) is 9.87. The molecule has 2 aromatic rings. The molecule has 0 unspecified atom stereocenters. The van der Waals surface area contributed by atoms with Crippen molar-refractivity contribution in [2.75, 3.05) is 18.0 Å². The predicted molar refractivity (Wildman–Crippen MR) is 69.3 cm³/mol. The van der Waals surface area contributed by atoms with Gasteiger partial charge in [-0.25, -0.2) is 0 Å². The van der Waals surface area contributed by atoms with E-state index in [9.17, 15) is 10.4 Å². The molecule has 0 radical (unpaired) electrons. The van der Waals surface area contributed by atoms with Crippen LogP contribution in [0.4, 0.5) is 5.69 Å². The Kier molecular flexibility index (Phi) is 2.62. The van der Waals surface area contributed by atoms with Crippen LogP contribution in [0.5, 0.6) is 0 Å². The summed E-state index contributed by atoms with van der Waals surface area (Å²) >= 11 is 0. The van der Waals surface area contributed by atoms with E-state index in [0.29, 0.717) is 12.1 Å². The Balaban J connectivity index is 2.21. The van der Waals surface area contributed by atoms with Crippen LogP contribution in [0.1, 0.15) is 12.0 Å². The average molecular weight is 239 g/mol. The SMILES string of the molecule is N#Cc1cnc2ccccc2c1N1CC[C@H](O)C1. The minimum Gasteiger partial charge on any atom is -0.391 e. The first kappa shape index (κ1) is 11.0. The monoisotopic (exact) mass is 239 g/mol. The number of aliphatic hydroxyl groups is 1. The van der Waals surface area contributed by atoms with Gasteiger partial charge in [0.1, 0.15) is 6.07 Å². The maximum absolute atomic E-state index is 9.66. The standard InChI is InChI=1S/C14H13N3O/c15-7-10-8-16-13-4-2-1-3-12(13)14(10)17-6-5-11(18)9-17/h1-4,8,11,18H,5-6,9H2/t11-/m0/s1. The number of nitriles is 1. The molecule has 0 bridgehead atoms. The second kappa shape index (κ2) is 4.28. The Morgan fingerprint density at radius 3 is 2.94 bits per heavy atom. The lowest BCUT2D eigenvalue weighted by Gasteiger charge is -2.21. The van der Waals surface area contributed by atoms with Crippen molar-refractivity contribution in [2.24, 2.45) is 0 Å². The Labute approximate surface area is 105 Å². The van der Waals surface area contributed by atoms with E-state index in [2.05, 4.69) is 16.0 Å². The van der Waals surface area contributed by atoms with Gasteiger partial charge in [0.2, 0.25) is 0 Å². The lowest BCUT2D eigenvalue weighted by molar-refractivity contribution is 0.198. The van der Waals surface area contributed by atoms with Crippen molar-refractivity contribution < 1.29 is 5.11 Å². The summed E-state index contributed by atoms with van der Waals surface area (Å²) in [5.41, 5.74) is 2.36. The molecule has 3 rings (SSSR count). The first-order valence-electron chi connectivity index (χ1n) is 6.00. The lowest BCUT2D eigenvalue weighted by Crippen LogP contribution is -2.22. The normalized spacial score (nSPS) is 19.1. The first-order chi connectivity index (χ1) is 8.79. The fraction of sp³-hybridized carbons (Fsp3) is 0.286. The minimum atomic E-state index is -0.302. The third-order valence-electron chi connectivity index (χ3n) is 3.35. The molecular formula is C14H13N3O. The van der Waals surface area contributed by atoms with E-state index in [1.807, 2.05) is 24.3 Å². The molecule has 4 nitrogen and oxygen atoms in total. The van der Waals surface area contributed by atoms with Crippen LogP contribution in [0, 0.1) is 11.3 Å². The van der Waals surface area contributed by atoms with Crippen molar-refractivity contribution in [1.82, 2.24) is 4.98 Å². The molecule has 1 aliphatic rings. The zero-order valence-electron chi connectivity index (χ0n) is 9.87. The maximum Gasteiger partial charge on any atom is 0.103 e. The number of aliphatic hydroxyl groups excluding tert-OH is 1. The summed E-state index contributed by atoms with van der Waals surface area (Å²) in [6.45, 7) is 1.37. The Hall–Kier alpha value is -2.12. The fourth-order valence-electron chi connectivity index (χ4n) is 2.49. The molecule has 0 saturated carbocycles. The molecule has 2 heterocycles. The number of nitrogens with zero attached hydrogens (tertiary/aromatic N) is 3. The number of fused-ring (bicyclic) bond motifs is 1. The quantitative estimate of drug-likeness (QED) is 0.822. The van der Waals surface area contributed by atoms with E-state index >= 15 is 0 Å². The van der Waals surface area contributed by atoms with Crippen LogP contribution in [0.25, 0.3) is 10.9 Å². The largest absolute Gasteiger partial charge is 0.391 e. The van der Waals surface area contributed by atoms with Crippen molar-refractivity contribution >= 4 is 16.6 Å². The number of pyridine rings is 1. The second-order valence-electron chi connectivity index (χ2n) is 4.54. The molecule has 90 valence electrons. The molecule has 4 heteroatoms. The van der Waals surface area contributed by atoms with Crippen LogP contribution in [-0.4, -0.2) is 29.3 Å². The summed E-state index contributed by atoms with van der Waals surface area (Å²) in [6, 6.07) is 9.99. The van der Waals surface area contributed by atoms with Gasteiger partial charge in [0.15, 0.2) is 0 Å². The summed E-state index contributed by atoms with van der Waals surface area (Å²) in [5.74, 6) is 0. The van der Waals surface area contributed by atoms with Crippen molar-refractivity contribution in [3.63, 3.8) is 0 Å². The number of benzene rings is 1. The van der Waals surface area contributed by atoms with E-state index < -0.39 is 0 Å². The molecule has 1 aromatic carbocycles.